The molecule has 4 rings (SSSR count). The van der Waals surface area contributed by atoms with E-state index in [0.717, 1.165) is 62.9 Å². The van der Waals surface area contributed by atoms with Crippen molar-refractivity contribution >= 4 is 11.9 Å². The minimum atomic E-state index is -0.910. The maximum Gasteiger partial charge on any atom is 0.305 e. The molecular formula is C24H38N6O3. The van der Waals surface area contributed by atoms with E-state index in [0.29, 0.717) is 0 Å². The number of carbonyl (C=O) groups excluding carboxylic acids is 1. The third-order valence-electron chi connectivity index (χ3n) is 5.80. The second-order valence-electron chi connectivity index (χ2n) is 8.01. The summed E-state index contributed by atoms with van der Waals surface area (Å²) in [5.74, 6) is 1.10. The topological polar surface area (TPSA) is 122 Å². The lowest BCUT2D eigenvalue weighted by atomic mass is 9.93. The zero-order chi connectivity index (χ0) is 23.9. The molecule has 9 nitrogen and oxygen atoms in total. The summed E-state index contributed by atoms with van der Waals surface area (Å²) in [5, 5.41) is 23.4. The van der Waals surface area contributed by atoms with Crippen molar-refractivity contribution in [3.63, 3.8) is 0 Å². The molecule has 0 saturated carbocycles. The quantitative estimate of drug-likeness (QED) is 0.583. The van der Waals surface area contributed by atoms with Gasteiger partial charge in [0.15, 0.2) is 0 Å². The Balaban J connectivity index is 0.000000411. The molecule has 3 N–H and O–H groups in total. The zero-order valence-electron chi connectivity index (χ0n) is 19.9. The number of nitrogens with one attached hydrogen (secondary N) is 2. The molecule has 1 fully saturated rings. The number of hydrogen-bond donors (Lipinski definition) is 3. The standard InChI is InChI=1S/C17H27N5O3.C5H5N.C2H6/c23-15(24)7-10-19-17(25)13-2-1-11-22-14(20-21-16(13)22)4-3-12-5-8-18-9-6-12;1-2-4-6-5-3-1;1-2/h12-13,18H,1-11H2,(H,19,25)(H,23,24);1-5H;1-2H3. The molecule has 2 aromatic rings. The van der Waals surface area contributed by atoms with E-state index in [9.17, 15) is 9.59 Å². The van der Waals surface area contributed by atoms with Gasteiger partial charge >= 0.3 is 5.97 Å². The predicted octanol–water partition coefficient (Wildman–Crippen LogP) is 2.79. The average molecular weight is 459 g/mol. The number of aromatic nitrogens is 4. The molecule has 0 aliphatic carbocycles. The van der Waals surface area contributed by atoms with Crippen LogP contribution >= 0.6 is 0 Å². The molecule has 1 saturated heterocycles. The second kappa shape index (κ2) is 15.1. The Hall–Kier alpha value is -2.81. The van der Waals surface area contributed by atoms with E-state index in [2.05, 4.69) is 30.4 Å². The van der Waals surface area contributed by atoms with Crippen LogP contribution in [0.15, 0.2) is 30.6 Å². The number of piperidine rings is 1. The molecular weight excluding hydrogens is 420 g/mol. The van der Waals surface area contributed by atoms with Crippen molar-refractivity contribution in [2.75, 3.05) is 19.6 Å². The lowest BCUT2D eigenvalue weighted by molar-refractivity contribution is -0.137. The van der Waals surface area contributed by atoms with Crippen LogP contribution in [0.4, 0.5) is 0 Å². The van der Waals surface area contributed by atoms with Gasteiger partial charge in [-0.05, 0) is 63.2 Å². The Bertz CT molecular complexity index is 794. The second-order valence-corrected chi connectivity index (χ2v) is 8.01. The van der Waals surface area contributed by atoms with Crippen molar-refractivity contribution < 1.29 is 14.7 Å². The van der Waals surface area contributed by atoms with Crippen LogP contribution < -0.4 is 10.6 Å². The summed E-state index contributed by atoms with van der Waals surface area (Å²) in [5.41, 5.74) is 0. The van der Waals surface area contributed by atoms with Gasteiger partial charge < -0.3 is 20.3 Å². The predicted molar refractivity (Wildman–Crippen MR) is 127 cm³/mol. The van der Waals surface area contributed by atoms with Crippen molar-refractivity contribution in [1.82, 2.24) is 30.4 Å². The van der Waals surface area contributed by atoms with Gasteiger partial charge in [0, 0.05) is 31.9 Å². The number of carboxylic acid groups (broad SMARTS) is 1. The number of rotatable bonds is 7. The summed E-state index contributed by atoms with van der Waals surface area (Å²) in [4.78, 5) is 26.7. The monoisotopic (exact) mass is 458 g/mol. The number of nitrogens with zero attached hydrogens (tertiary/aromatic N) is 4. The Labute approximate surface area is 196 Å². The van der Waals surface area contributed by atoms with Crippen molar-refractivity contribution in [2.45, 2.75) is 71.3 Å². The molecule has 9 heteroatoms. The van der Waals surface area contributed by atoms with Gasteiger partial charge in [0.05, 0.1) is 12.3 Å². The van der Waals surface area contributed by atoms with Crippen LogP contribution in [0.5, 0.6) is 0 Å². The molecule has 33 heavy (non-hydrogen) atoms. The van der Waals surface area contributed by atoms with Gasteiger partial charge in [-0.3, -0.25) is 14.6 Å². The number of amides is 1. The Morgan fingerprint density at radius 3 is 2.45 bits per heavy atom. The normalized spacial score (nSPS) is 17.5. The highest BCUT2D eigenvalue weighted by molar-refractivity contribution is 5.83. The summed E-state index contributed by atoms with van der Waals surface area (Å²) in [6.45, 7) is 7.21. The van der Waals surface area contributed by atoms with E-state index in [4.69, 9.17) is 5.11 Å². The van der Waals surface area contributed by atoms with Gasteiger partial charge in [0.1, 0.15) is 11.6 Å². The maximum absolute atomic E-state index is 12.4. The first kappa shape index (κ1) is 26.4. The molecule has 2 aromatic heterocycles. The fraction of sp³-hybridized carbons (Fsp3) is 0.625. The molecule has 1 atom stereocenters. The van der Waals surface area contributed by atoms with E-state index >= 15 is 0 Å². The number of fused-ring (bicyclic) bond motifs is 1. The highest BCUT2D eigenvalue weighted by Crippen LogP contribution is 2.28. The van der Waals surface area contributed by atoms with Crippen molar-refractivity contribution in [3.8, 4) is 0 Å². The molecule has 182 valence electrons. The largest absolute Gasteiger partial charge is 0.481 e. The van der Waals surface area contributed by atoms with E-state index in [1.54, 1.807) is 12.4 Å². The van der Waals surface area contributed by atoms with E-state index in [1.165, 1.54) is 12.8 Å². The zero-order valence-corrected chi connectivity index (χ0v) is 19.9. The number of aliphatic carboxylic acids is 1. The van der Waals surface area contributed by atoms with Gasteiger partial charge in [-0.2, -0.15) is 0 Å². The van der Waals surface area contributed by atoms with Gasteiger partial charge in [-0.25, -0.2) is 0 Å². The fourth-order valence-corrected chi connectivity index (χ4v) is 4.10. The van der Waals surface area contributed by atoms with Crippen LogP contribution in [0.3, 0.4) is 0 Å². The van der Waals surface area contributed by atoms with Crippen molar-refractivity contribution in [2.24, 2.45) is 5.92 Å². The summed E-state index contributed by atoms with van der Waals surface area (Å²) in [6.07, 6.45) is 9.56. The van der Waals surface area contributed by atoms with Gasteiger partial charge in [0.2, 0.25) is 5.91 Å². The summed E-state index contributed by atoms with van der Waals surface area (Å²) < 4.78 is 2.10. The Kier molecular flexibility index (Phi) is 12.1. The van der Waals surface area contributed by atoms with Crippen LogP contribution in [0.1, 0.15) is 69.9 Å². The first-order chi connectivity index (χ1) is 16.1. The molecule has 0 spiro atoms. The maximum atomic E-state index is 12.4. The summed E-state index contributed by atoms with van der Waals surface area (Å²) >= 11 is 0. The summed E-state index contributed by atoms with van der Waals surface area (Å²) in [7, 11) is 0. The molecule has 2 aliphatic rings. The Morgan fingerprint density at radius 2 is 1.85 bits per heavy atom. The van der Waals surface area contributed by atoms with Crippen molar-refractivity contribution in [1.29, 1.82) is 0 Å². The number of pyridine rings is 1. The third kappa shape index (κ3) is 8.92. The minimum Gasteiger partial charge on any atom is -0.481 e. The van der Waals surface area contributed by atoms with Crippen LogP contribution in [0.2, 0.25) is 0 Å². The summed E-state index contributed by atoms with van der Waals surface area (Å²) in [6, 6.07) is 5.72. The SMILES string of the molecule is CC.O=C(O)CCNC(=O)C1CCCn2c(CCC3CCNCC3)nnc21.c1ccncc1. The minimum absolute atomic E-state index is 0.0629. The molecule has 4 heterocycles. The first-order valence-electron chi connectivity index (χ1n) is 12.1. The number of hydrogen-bond acceptors (Lipinski definition) is 6. The van der Waals surface area contributed by atoms with Crippen molar-refractivity contribution in [3.05, 3.63) is 42.2 Å². The molecule has 1 unspecified atom stereocenters. The van der Waals surface area contributed by atoms with Gasteiger partial charge in [-0.1, -0.05) is 19.9 Å². The highest BCUT2D eigenvalue weighted by atomic mass is 16.4. The number of aryl methyl sites for hydroxylation is 1. The number of carboxylic acids is 1. The first-order valence-corrected chi connectivity index (χ1v) is 12.1. The smallest absolute Gasteiger partial charge is 0.305 e. The van der Waals surface area contributed by atoms with Crippen LogP contribution in [-0.2, 0) is 22.6 Å². The van der Waals surface area contributed by atoms with E-state index in [-0.39, 0.29) is 24.8 Å². The van der Waals surface area contributed by atoms with Gasteiger partial charge in [-0.15, -0.1) is 10.2 Å². The molecule has 0 radical (unpaired) electrons. The van der Waals surface area contributed by atoms with Crippen LogP contribution in [0.25, 0.3) is 0 Å². The molecule has 0 aromatic carbocycles. The third-order valence-corrected chi connectivity index (χ3v) is 5.80. The van der Waals surface area contributed by atoms with E-state index in [1.807, 2.05) is 32.0 Å². The lowest BCUT2D eigenvalue weighted by Gasteiger charge is -2.24. The lowest BCUT2D eigenvalue weighted by Crippen LogP contribution is -2.34. The average Bonchev–Trinajstić information content (AvgIpc) is 3.29. The number of carbonyl (C=O) groups is 2. The van der Waals surface area contributed by atoms with Crippen LogP contribution in [0, 0.1) is 5.92 Å². The molecule has 1 amide bonds. The highest BCUT2D eigenvalue weighted by Gasteiger charge is 2.30. The van der Waals surface area contributed by atoms with Crippen LogP contribution in [-0.4, -0.2) is 56.4 Å². The Morgan fingerprint density at radius 1 is 1.12 bits per heavy atom. The molecule has 2 aliphatic heterocycles. The van der Waals surface area contributed by atoms with E-state index < -0.39 is 5.97 Å². The van der Waals surface area contributed by atoms with Gasteiger partial charge in [0.25, 0.3) is 0 Å². The molecule has 0 bridgehead atoms. The fourth-order valence-electron chi connectivity index (χ4n) is 4.10.